The van der Waals surface area contributed by atoms with Gasteiger partial charge in [-0.2, -0.15) is 0 Å². The quantitative estimate of drug-likeness (QED) is 0.511. The number of phenolic OH excluding ortho intramolecular Hbond substituents is 1. The molecule has 0 bridgehead atoms. The molecule has 1 aromatic heterocycles. The molecular formula is C23H28N2O4. The van der Waals surface area contributed by atoms with Crippen molar-refractivity contribution in [2.45, 2.75) is 12.8 Å². The van der Waals surface area contributed by atoms with Crippen LogP contribution in [0.2, 0.25) is 0 Å². The Morgan fingerprint density at radius 3 is 2.62 bits per heavy atom. The van der Waals surface area contributed by atoms with E-state index in [-0.39, 0.29) is 16.6 Å². The predicted molar refractivity (Wildman–Crippen MR) is 116 cm³/mol. The zero-order valence-electron chi connectivity index (χ0n) is 17.0. The van der Waals surface area contributed by atoms with Crippen molar-refractivity contribution in [2.24, 2.45) is 0 Å². The highest BCUT2D eigenvalue weighted by atomic mass is 16.5. The summed E-state index contributed by atoms with van der Waals surface area (Å²) in [6.07, 6.45) is 1.89. The molecule has 3 rings (SSSR count). The van der Waals surface area contributed by atoms with Gasteiger partial charge in [0.15, 0.2) is 5.43 Å². The molecule has 2 aromatic carbocycles. The number of nitrogens with one attached hydrogen (secondary N) is 1. The molecule has 0 aliphatic carbocycles. The lowest BCUT2D eigenvalue weighted by Crippen LogP contribution is -2.27. The summed E-state index contributed by atoms with van der Waals surface area (Å²) in [4.78, 5) is 14.6. The van der Waals surface area contributed by atoms with Crippen molar-refractivity contribution in [3.05, 3.63) is 58.8 Å². The van der Waals surface area contributed by atoms with Gasteiger partial charge in [-0.3, -0.25) is 4.79 Å². The van der Waals surface area contributed by atoms with Gasteiger partial charge in [0.25, 0.3) is 0 Å². The summed E-state index contributed by atoms with van der Waals surface area (Å²) in [5.41, 5.74) is 0.841. The first-order chi connectivity index (χ1) is 14.0. The maximum atomic E-state index is 12.5. The monoisotopic (exact) mass is 396 g/mol. The minimum Gasteiger partial charge on any atom is -0.507 e. The van der Waals surface area contributed by atoms with Crippen LogP contribution in [0, 0.1) is 0 Å². The van der Waals surface area contributed by atoms with Gasteiger partial charge >= 0.3 is 0 Å². The number of aromatic hydroxyl groups is 1. The Bertz CT molecular complexity index is 983. The molecule has 0 radical (unpaired) electrons. The highest BCUT2D eigenvalue weighted by Crippen LogP contribution is 2.31. The lowest BCUT2D eigenvalue weighted by atomic mass is 10.1. The average molecular weight is 396 g/mol. The van der Waals surface area contributed by atoms with Crippen LogP contribution in [0.1, 0.15) is 12.8 Å². The summed E-state index contributed by atoms with van der Waals surface area (Å²) in [7, 11) is 4.11. The summed E-state index contributed by atoms with van der Waals surface area (Å²) in [5, 5.41) is 13.8. The number of unbranched alkanes of at least 4 members (excludes halogenated alkanes) is 1. The molecule has 0 spiro atoms. The molecule has 1 heterocycles. The SMILES string of the molecule is CN(C)CCNCCCCOc1cc(O)c2c(=O)cc(-c3ccccc3)oc2c1. The summed E-state index contributed by atoms with van der Waals surface area (Å²) in [6.45, 7) is 3.45. The molecule has 0 atom stereocenters. The van der Waals surface area contributed by atoms with Crippen LogP contribution in [0.25, 0.3) is 22.3 Å². The molecule has 6 nitrogen and oxygen atoms in total. The lowest BCUT2D eigenvalue weighted by Gasteiger charge is -2.11. The fourth-order valence-electron chi connectivity index (χ4n) is 3.04. The maximum Gasteiger partial charge on any atom is 0.197 e. The van der Waals surface area contributed by atoms with Crippen molar-refractivity contribution in [3.63, 3.8) is 0 Å². The van der Waals surface area contributed by atoms with Gasteiger partial charge in [0.2, 0.25) is 0 Å². The van der Waals surface area contributed by atoms with Gasteiger partial charge in [0, 0.05) is 36.9 Å². The molecule has 0 fully saturated rings. The average Bonchev–Trinajstić information content (AvgIpc) is 2.70. The van der Waals surface area contributed by atoms with Gasteiger partial charge in [-0.05, 0) is 33.5 Å². The van der Waals surface area contributed by atoms with Gasteiger partial charge in [-0.1, -0.05) is 30.3 Å². The zero-order valence-corrected chi connectivity index (χ0v) is 17.0. The minimum absolute atomic E-state index is 0.129. The molecule has 29 heavy (non-hydrogen) atoms. The van der Waals surface area contributed by atoms with Crippen LogP contribution in [0.3, 0.4) is 0 Å². The van der Waals surface area contributed by atoms with Gasteiger partial charge in [-0.15, -0.1) is 0 Å². The van der Waals surface area contributed by atoms with Crippen LogP contribution in [0.5, 0.6) is 11.5 Å². The second-order valence-electron chi connectivity index (χ2n) is 7.27. The third kappa shape index (κ3) is 5.82. The van der Waals surface area contributed by atoms with Crippen LogP contribution in [-0.2, 0) is 0 Å². The van der Waals surface area contributed by atoms with Crippen LogP contribution >= 0.6 is 0 Å². The fraction of sp³-hybridized carbons (Fsp3) is 0.348. The van der Waals surface area contributed by atoms with E-state index in [1.807, 2.05) is 30.3 Å². The summed E-state index contributed by atoms with van der Waals surface area (Å²) >= 11 is 0. The van der Waals surface area contributed by atoms with Crippen molar-refractivity contribution >= 4 is 11.0 Å². The Balaban J connectivity index is 1.63. The Labute approximate surface area is 170 Å². The second kappa shape index (κ2) is 10.1. The first-order valence-corrected chi connectivity index (χ1v) is 9.89. The Kier molecular flexibility index (Phi) is 7.27. The van der Waals surface area contributed by atoms with Crippen molar-refractivity contribution < 1.29 is 14.3 Å². The second-order valence-corrected chi connectivity index (χ2v) is 7.27. The number of likely N-dealkylation sites (N-methyl/N-ethyl adjacent to an activating group) is 1. The van der Waals surface area contributed by atoms with Crippen molar-refractivity contribution in [3.8, 4) is 22.8 Å². The number of rotatable bonds is 10. The fourth-order valence-corrected chi connectivity index (χ4v) is 3.04. The van der Waals surface area contributed by atoms with Gasteiger partial charge in [-0.25, -0.2) is 0 Å². The normalized spacial score (nSPS) is 11.3. The highest BCUT2D eigenvalue weighted by molar-refractivity contribution is 5.86. The van der Waals surface area contributed by atoms with E-state index >= 15 is 0 Å². The Morgan fingerprint density at radius 1 is 1.07 bits per heavy atom. The molecule has 0 unspecified atom stereocenters. The van der Waals surface area contributed by atoms with Crippen LogP contribution in [0.4, 0.5) is 0 Å². The first-order valence-electron chi connectivity index (χ1n) is 9.89. The molecule has 0 amide bonds. The van der Waals surface area contributed by atoms with Crippen LogP contribution < -0.4 is 15.5 Å². The highest BCUT2D eigenvalue weighted by Gasteiger charge is 2.12. The molecule has 0 saturated heterocycles. The van der Waals surface area contributed by atoms with Crippen molar-refractivity contribution in [1.29, 1.82) is 0 Å². The van der Waals surface area contributed by atoms with Crippen LogP contribution in [-0.4, -0.2) is 50.3 Å². The van der Waals surface area contributed by atoms with E-state index < -0.39 is 0 Å². The molecule has 0 aliphatic heterocycles. The zero-order chi connectivity index (χ0) is 20.6. The minimum atomic E-state index is -0.280. The largest absolute Gasteiger partial charge is 0.507 e. The van der Waals surface area contributed by atoms with E-state index in [4.69, 9.17) is 9.15 Å². The standard InChI is InChI=1S/C23H28N2O4/c1-25(2)12-11-24-10-6-7-13-28-18-14-19(26)23-20(27)16-21(29-22(23)15-18)17-8-4-3-5-9-17/h3-5,8-9,14-16,24,26H,6-7,10-13H2,1-2H3. The van der Waals surface area contributed by atoms with E-state index in [0.717, 1.165) is 38.0 Å². The smallest absolute Gasteiger partial charge is 0.197 e. The molecule has 154 valence electrons. The number of ether oxygens (including phenoxy) is 1. The summed E-state index contributed by atoms with van der Waals surface area (Å²) in [5.74, 6) is 0.823. The van der Waals surface area contributed by atoms with E-state index in [1.54, 1.807) is 6.07 Å². The number of benzene rings is 2. The van der Waals surface area contributed by atoms with Crippen LogP contribution in [0.15, 0.2) is 57.7 Å². The van der Waals surface area contributed by atoms with E-state index in [0.29, 0.717) is 23.7 Å². The molecule has 0 saturated carbocycles. The Morgan fingerprint density at radius 2 is 1.86 bits per heavy atom. The van der Waals surface area contributed by atoms with Gasteiger partial charge in [0.05, 0.1) is 6.61 Å². The summed E-state index contributed by atoms with van der Waals surface area (Å²) in [6, 6.07) is 13.9. The van der Waals surface area contributed by atoms with Gasteiger partial charge < -0.3 is 24.5 Å². The van der Waals surface area contributed by atoms with Crippen molar-refractivity contribution in [2.75, 3.05) is 40.3 Å². The number of hydrogen-bond acceptors (Lipinski definition) is 6. The van der Waals surface area contributed by atoms with E-state index in [2.05, 4.69) is 24.3 Å². The number of phenols is 1. The lowest BCUT2D eigenvalue weighted by molar-refractivity contribution is 0.303. The maximum absolute atomic E-state index is 12.5. The van der Waals surface area contributed by atoms with E-state index in [9.17, 15) is 9.90 Å². The third-order valence-corrected chi connectivity index (χ3v) is 4.59. The molecular weight excluding hydrogens is 368 g/mol. The molecule has 3 aromatic rings. The number of fused-ring (bicyclic) bond motifs is 1. The van der Waals surface area contributed by atoms with Crippen molar-refractivity contribution in [1.82, 2.24) is 10.2 Å². The number of nitrogens with zero attached hydrogens (tertiary/aromatic N) is 1. The third-order valence-electron chi connectivity index (χ3n) is 4.59. The van der Waals surface area contributed by atoms with Gasteiger partial charge in [0.1, 0.15) is 28.2 Å². The summed E-state index contributed by atoms with van der Waals surface area (Å²) < 4.78 is 11.7. The van der Waals surface area contributed by atoms with E-state index in [1.165, 1.54) is 12.1 Å². The topological polar surface area (TPSA) is 74.9 Å². The number of hydrogen-bond donors (Lipinski definition) is 2. The first kappa shape index (κ1) is 20.9. The molecule has 0 aliphatic rings. The Hall–Kier alpha value is -2.83. The molecule has 2 N–H and O–H groups in total. The molecule has 6 heteroatoms. The predicted octanol–water partition coefficient (Wildman–Crippen LogP) is 3.48.